The third-order valence-electron chi connectivity index (χ3n) is 4.68. The van der Waals surface area contributed by atoms with Crippen LogP contribution in [0.3, 0.4) is 0 Å². The third-order valence-corrected chi connectivity index (χ3v) is 4.68. The molecule has 2 atom stereocenters. The molecule has 1 N–H and O–H groups in total. The molecule has 1 heterocycles. The Kier molecular flexibility index (Phi) is 3.50. The molecule has 1 spiro atoms. The molecule has 1 fully saturated rings. The molecule has 1 aromatic carbocycles. The van der Waals surface area contributed by atoms with E-state index in [1.54, 1.807) is 7.11 Å². The molecule has 1 saturated heterocycles. The predicted octanol–water partition coefficient (Wildman–Crippen LogP) is 2.32. The van der Waals surface area contributed by atoms with E-state index in [4.69, 9.17) is 9.47 Å². The number of hydrogen-bond donors (Lipinski definition) is 1. The van der Waals surface area contributed by atoms with Crippen LogP contribution in [0.5, 0.6) is 5.75 Å². The molecule has 1 aromatic rings. The van der Waals surface area contributed by atoms with Gasteiger partial charge in [-0.25, -0.2) is 0 Å². The van der Waals surface area contributed by atoms with Crippen LogP contribution in [-0.4, -0.2) is 32.4 Å². The van der Waals surface area contributed by atoms with Crippen LogP contribution < -0.4 is 10.1 Å². The maximum Gasteiger partial charge on any atom is 0.119 e. The Morgan fingerprint density at radius 2 is 2.26 bits per heavy atom. The average molecular weight is 261 g/mol. The number of methoxy groups -OCH3 is 1. The van der Waals surface area contributed by atoms with E-state index in [2.05, 4.69) is 30.6 Å². The van der Waals surface area contributed by atoms with Gasteiger partial charge in [-0.3, -0.25) is 0 Å². The quantitative estimate of drug-likeness (QED) is 0.886. The van der Waals surface area contributed by atoms with E-state index in [-0.39, 0.29) is 5.60 Å². The van der Waals surface area contributed by atoms with Gasteiger partial charge in [0.2, 0.25) is 0 Å². The maximum absolute atomic E-state index is 6.19. The molecule has 0 radical (unpaired) electrons. The predicted molar refractivity (Wildman–Crippen MR) is 75.8 cm³/mol. The summed E-state index contributed by atoms with van der Waals surface area (Å²) in [5.41, 5.74) is 2.91. The Morgan fingerprint density at radius 3 is 3.05 bits per heavy atom. The molecule has 3 rings (SSSR count). The van der Waals surface area contributed by atoms with Gasteiger partial charge < -0.3 is 14.8 Å². The minimum absolute atomic E-state index is 0.0469. The molecule has 0 saturated carbocycles. The lowest BCUT2D eigenvalue weighted by Gasteiger charge is -2.44. The second-order valence-electron chi connectivity index (χ2n) is 5.82. The number of nitrogens with one attached hydrogen (secondary N) is 1. The van der Waals surface area contributed by atoms with E-state index in [0.717, 1.165) is 44.5 Å². The van der Waals surface area contributed by atoms with Crippen molar-refractivity contribution in [3.05, 3.63) is 29.3 Å². The highest BCUT2D eigenvalue weighted by Gasteiger charge is 2.39. The summed E-state index contributed by atoms with van der Waals surface area (Å²) in [6.07, 6.45) is 5.54. The summed E-state index contributed by atoms with van der Waals surface area (Å²) in [5.74, 6) is 0.955. The standard InChI is InChI=1S/C16H23NO2/c1-17-14-6-8-19-16(11-14)7-5-12-3-4-15(18-2)9-13(12)10-16/h3-4,9,14,17H,5-8,10-11H2,1-2H3. The number of ether oxygens (including phenoxy) is 2. The van der Waals surface area contributed by atoms with Crippen molar-refractivity contribution in [2.45, 2.75) is 43.7 Å². The minimum Gasteiger partial charge on any atom is -0.497 e. The Morgan fingerprint density at radius 1 is 1.37 bits per heavy atom. The van der Waals surface area contributed by atoms with Gasteiger partial charge >= 0.3 is 0 Å². The minimum atomic E-state index is 0.0469. The molecule has 19 heavy (non-hydrogen) atoms. The topological polar surface area (TPSA) is 30.5 Å². The van der Waals surface area contributed by atoms with Crippen molar-refractivity contribution in [1.82, 2.24) is 5.32 Å². The van der Waals surface area contributed by atoms with Crippen LogP contribution in [0, 0.1) is 0 Å². The first-order valence-corrected chi connectivity index (χ1v) is 7.22. The van der Waals surface area contributed by atoms with Crippen molar-refractivity contribution >= 4 is 0 Å². The summed E-state index contributed by atoms with van der Waals surface area (Å²) in [5, 5.41) is 3.42. The van der Waals surface area contributed by atoms with Crippen LogP contribution in [0.2, 0.25) is 0 Å². The fraction of sp³-hybridized carbons (Fsp3) is 0.625. The molecule has 1 aliphatic carbocycles. The van der Waals surface area contributed by atoms with E-state index in [1.807, 2.05) is 0 Å². The SMILES string of the molecule is CNC1CCOC2(CCc3ccc(OC)cc3C2)C1. The van der Waals surface area contributed by atoms with Crippen LogP contribution >= 0.6 is 0 Å². The zero-order chi connectivity index (χ0) is 13.3. The Bertz CT molecular complexity index is 460. The zero-order valence-corrected chi connectivity index (χ0v) is 11.9. The van der Waals surface area contributed by atoms with Crippen molar-refractivity contribution < 1.29 is 9.47 Å². The summed E-state index contributed by atoms with van der Waals surface area (Å²) < 4.78 is 11.5. The Labute approximate surface area is 115 Å². The highest BCUT2D eigenvalue weighted by molar-refractivity contribution is 5.38. The molecule has 3 heteroatoms. The molecule has 2 unspecified atom stereocenters. The number of hydrogen-bond acceptors (Lipinski definition) is 3. The van der Waals surface area contributed by atoms with Gasteiger partial charge in [0.15, 0.2) is 0 Å². The average Bonchev–Trinajstić information content (AvgIpc) is 2.46. The van der Waals surface area contributed by atoms with Crippen LogP contribution in [0.25, 0.3) is 0 Å². The fourth-order valence-electron chi connectivity index (χ4n) is 3.51. The van der Waals surface area contributed by atoms with Crippen molar-refractivity contribution in [3.63, 3.8) is 0 Å². The van der Waals surface area contributed by atoms with E-state index in [9.17, 15) is 0 Å². The number of rotatable bonds is 2. The van der Waals surface area contributed by atoms with Gasteiger partial charge in [-0.15, -0.1) is 0 Å². The zero-order valence-electron chi connectivity index (χ0n) is 11.9. The first-order chi connectivity index (χ1) is 9.24. The van der Waals surface area contributed by atoms with Gasteiger partial charge in [-0.1, -0.05) is 6.07 Å². The Hall–Kier alpha value is -1.06. The van der Waals surface area contributed by atoms with E-state index >= 15 is 0 Å². The van der Waals surface area contributed by atoms with Crippen molar-refractivity contribution in [1.29, 1.82) is 0 Å². The molecular weight excluding hydrogens is 238 g/mol. The van der Waals surface area contributed by atoms with Gasteiger partial charge in [-0.05, 0) is 56.0 Å². The summed E-state index contributed by atoms with van der Waals surface area (Å²) in [7, 11) is 3.79. The molecule has 0 amide bonds. The van der Waals surface area contributed by atoms with Gasteiger partial charge in [0.25, 0.3) is 0 Å². The van der Waals surface area contributed by atoms with Gasteiger partial charge in [0.05, 0.1) is 12.7 Å². The van der Waals surface area contributed by atoms with Crippen LogP contribution in [0.4, 0.5) is 0 Å². The van der Waals surface area contributed by atoms with E-state index < -0.39 is 0 Å². The highest BCUT2D eigenvalue weighted by Crippen LogP contribution is 2.38. The van der Waals surface area contributed by atoms with Crippen molar-refractivity contribution in [2.75, 3.05) is 20.8 Å². The number of fused-ring (bicyclic) bond motifs is 1. The molecule has 3 nitrogen and oxygen atoms in total. The van der Waals surface area contributed by atoms with Gasteiger partial charge in [0, 0.05) is 19.1 Å². The number of benzene rings is 1. The molecule has 0 bridgehead atoms. The largest absolute Gasteiger partial charge is 0.497 e. The van der Waals surface area contributed by atoms with Crippen LogP contribution in [-0.2, 0) is 17.6 Å². The summed E-state index contributed by atoms with van der Waals surface area (Å²) >= 11 is 0. The molecule has 104 valence electrons. The lowest BCUT2D eigenvalue weighted by molar-refractivity contribution is -0.0954. The van der Waals surface area contributed by atoms with Gasteiger partial charge in [-0.2, -0.15) is 0 Å². The highest BCUT2D eigenvalue weighted by atomic mass is 16.5. The second-order valence-corrected chi connectivity index (χ2v) is 5.82. The third kappa shape index (κ3) is 2.49. The first-order valence-electron chi connectivity index (χ1n) is 7.22. The Balaban J connectivity index is 1.83. The van der Waals surface area contributed by atoms with Crippen molar-refractivity contribution in [2.24, 2.45) is 0 Å². The van der Waals surface area contributed by atoms with Gasteiger partial charge in [0.1, 0.15) is 5.75 Å². The maximum atomic E-state index is 6.19. The van der Waals surface area contributed by atoms with Crippen LogP contribution in [0.15, 0.2) is 18.2 Å². The molecule has 2 aliphatic rings. The molecular formula is C16H23NO2. The van der Waals surface area contributed by atoms with E-state index in [0.29, 0.717) is 6.04 Å². The second kappa shape index (κ2) is 5.14. The van der Waals surface area contributed by atoms with Crippen molar-refractivity contribution in [3.8, 4) is 5.75 Å². The summed E-state index contributed by atoms with van der Waals surface area (Å²) in [6, 6.07) is 7.05. The summed E-state index contributed by atoms with van der Waals surface area (Å²) in [4.78, 5) is 0. The lowest BCUT2D eigenvalue weighted by atomic mass is 9.75. The smallest absolute Gasteiger partial charge is 0.119 e. The monoisotopic (exact) mass is 261 g/mol. The molecule has 0 aromatic heterocycles. The van der Waals surface area contributed by atoms with E-state index in [1.165, 1.54) is 11.1 Å². The first kappa shape index (κ1) is 12.9. The lowest BCUT2D eigenvalue weighted by Crippen LogP contribution is -2.49. The van der Waals surface area contributed by atoms with Crippen LogP contribution in [0.1, 0.15) is 30.4 Å². The number of aryl methyl sites for hydroxylation is 1. The fourth-order valence-corrected chi connectivity index (χ4v) is 3.51. The normalized spacial score (nSPS) is 30.1. The summed E-state index contributed by atoms with van der Waals surface area (Å²) in [6.45, 7) is 0.880. The molecule has 1 aliphatic heterocycles.